The summed E-state index contributed by atoms with van der Waals surface area (Å²) in [4.78, 5) is 37.0. The summed E-state index contributed by atoms with van der Waals surface area (Å²) in [6.45, 7) is 1.64. The van der Waals surface area contributed by atoms with Crippen molar-refractivity contribution in [2.75, 3.05) is 19.5 Å². The largest absolute Gasteiger partial charge is 0.484 e. The third-order valence-electron chi connectivity index (χ3n) is 4.23. The number of methoxy groups -OCH3 is 2. The van der Waals surface area contributed by atoms with Crippen LogP contribution in [0.4, 0.5) is 5.00 Å². The van der Waals surface area contributed by atoms with Crippen LogP contribution < -0.4 is 10.1 Å². The zero-order chi connectivity index (χ0) is 22.5. The Morgan fingerprint density at radius 3 is 2.45 bits per heavy atom. The van der Waals surface area contributed by atoms with Crippen molar-refractivity contribution in [3.05, 3.63) is 68.9 Å². The van der Waals surface area contributed by atoms with Crippen LogP contribution in [0.5, 0.6) is 5.75 Å². The Bertz CT molecular complexity index is 1130. The van der Waals surface area contributed by atoms with Gasteiger partial charge in [0.2, 0.25) is 0 Å². The maximum atomic E-state index is 12.7. The van der Waals surface area contributed by atoms with E-state index in [2.05, 4.69) is 5.32 Å². The molecule has 0 radical (unpaired) electrons. The zero-order valence-electron chi connectivity index (χ0n) is 16.8. The molecule has 1 aromatic carbocycles. The van der Waals surface area contributed by atoms with Gasteiger partial charge in [-0.2, -0.15) is 0 Å². The predicted molar refractivity (Wildman–Crippen MR) is 114 cm³/mol. The van der Waals surface area contributed by atoms with Gasteiger partial charge in [-0.05, 0) is 36.8 Å². The van der Waals surface area contributed by atoms with Crippen LogP contribution in [0.25, 0.3) is 0 Å². The van der Waals surface area contributed by atoms with Crippen molar-refractivity contribution < 1.29 is 33.0 Å². The first kappa shape index (κ1) is 22.4. The molecule has 10 heteroatoms. The minimum Gasteiger partial charge on any atom is -0.484 e. The summed E-state index contributed by atoms with van der Waals surface area (Å²) >= 11 is 6.96. The van der Waals surface area contributed by atoms with E-state index in [9.17, 15) is 14.4 Å². The van der Waals surface area contributed by atoms with E-state index in [1.54, 1.807) is 37.3 Å². The summed E-state index contributed by atoms with van der Waals surface area (Å²) in [6.07, 6.45) is 0. The van der Waals surface area contributed by atoms with Crippen LogP contribution in [-0.4, -0.2) is 32.1 Å². The number of carbonyl (C=O) groups excluding carboxylic acids is 3. The average Bonchev–Trinajstić information content (AvgIpc) is 3.37. The second kappa shape index (κ2) is 9.67. The van der Waals surface area contributed by atoms with Gasteiger partial charge in [0.25, 0.3) is 5.91 Å². The van der Waals surface area contributed by atoms with E-state index in [1.807, 2.05) is 0 Å². The topological polar surface area (TPSA) is 104 Å². The van der Waals surface area contributed by atoms with Crippen molar-refractivity contribution in [3.8, 4) is 5.75 Å². The number of hydrogen-bond donors (Lipinski definition) is 1. The van der Waals surface area contributed by atoms with Gasteiger partial charge in [0, 0.05) is 0 Å². The molecule has 0 aliphatic rings. The molecule has 0 aliphatic carbocycles. The SMILES string of the molecule is COC(=O)c1sc(NC(=O)c2ccc(COc3ccccc3Cl)o2)c(C(=O)OC)c1C. The minimum atomic E-state index is -0.688. The summed E-state index contributed by atoms with van der Waals surface area (Å²) in [5.41, 5.74) is 0.433. The van der Waals surface area contributed by atoms with Gasteiger partial charge >= 0.3 is 11.9 Å². The fourth-order valence-corrected chi connectivity index (χ4v) is 3.99. The highest BCUT2D eigenvalue weighted by Crippen LogP contribution is 2.34. The summed E-state index contributed by atoms with van der Waals surface area (Å²) in [7, 11) is 2.44. The Morgan fingerprint density at radius 1 is 1.06 bits per heavy atom. The maximum absolute atomic E-state index is 12.7. The molecule has 31 heavy (non-hydrogen) atoms. The molecule has 1 amide bonds. The molecule has 0 saturated heterocycles. The highest BCUT2D eigenvalue weighted by molar-refractivity contribution is 7.18. The van der Waals surface area contributed by atoms with E-state index in [0.29, 0.717) is 22.1 Å². The van der Waals surface area contributed by atoms with Crippen molar-refractivity contribution in [1.29, 1.82) is 0 Å². The van der Waals surface area contributed by atoms with Crippen molar-refractivity contribution >= 4 is 45.8 Å². The first-order valence-electron chi connectivity index (χ1n) is 8.93. The number of esters is 2. The molecule has 2 aromatic heterocycles. The van der Waals surface area contributed by atoms with E-state index < -0.39 is 17.8 Å². The lowest BCUT2D eigenvalue weighted by atomic mass is 10.1. The lowest BCUT2D eigenvalue weighted by molar-refractivity contribution is 0.0601. The molecule has 8 nitrogen and oxygen atoms in total. The van der Waals surface area contributed by atoms with Crippen LogP contribution in [0.15, 0.2) is 40.8 Å². The molecule has 1 N–H and O–H groups in total. The Morgan fingerprint density at radius 2 is 1.77 bits per heavy atom. The quantitative estimate of drug-likeness (QED) is 0.506. The number of halogens is 1. The fourth-order valence-electron chi connectivity index (χ4n) is 2.69. The number of thiophene rings is 1. The van der Waals surface area contributed by atoms with Crippen LogP contribution in [-0.2, 0) is 16.1 Å². The number of ether oxygens (including phenoxy) is 3. The molecular formula is C21H18ClNO7S. The maximum Gasteiger partial charge on any atom is 0.348 e. The minimum absolute atomic E-state index is 0.000699. The smallest absolute Gasteiger partial charge is 0.348 e. The highest BCUT2D eigenvalue weighted by Gasteiger charge is 2.27. The second-order valence-electron chi connectivity index (χ2n) is 6.18. The van der Waals surface area contributed by atoms with Gasteiger partial charge in [-0.1, -0.05) is 23.7 Å². The number of amides is 1. The van der Waals surface area contributed by atoms with E-state index in [1.165, 1.54) is 20.3 Å². The highest BCUT2D eigenvalue weighted by atomic mass is 35.5. The molecule has 3 aromatic rings. The summed E-state index contributed by atoms with van der Waals surface area (Å²) in [6, 6.07) is 10.0. The van der Waals surface area contributed by atoms with Crippen LogP contribution in [0, 0.1) is 6.92 Å². The van der Waals surface area contributed by atoms with Crippen LogP contribution in [0.3, 0.4) is 0 Å². The lowest BCUT2D eigenvalue weighted by Crippen LogP contribution is -2.13. The van der Waals surface area contributed by atoms with Crippen molar-refractivity contribution in [3.63, 3.8) is 0 Å². The number of furan rings is 1. The van der Waals surface area contributed by atoms with E-state index >= 15 is 0 Å². The normalized spacial score (nSPS) is 10.5. The predicted octanol–water partition coefficient (Wildman–Crippen LogP) is 4.71. The van der Waals surface area contributed by atoms with Crippen molar-refractivity contribution in [2.45, 2.75) is 13.5 Å². The first-order chi connectivity index (χ1) is 14.8. The number of hydrogen-bond acceptors (Lipinski definition) is 8. The summed E-state index contributed by atoms with van der Waals surface area (Å²) in [5.74, 6) is -1.03. The Balaban J connectivity index is 1.77. The Hall–Kier alpha value is -3.30. The van der Waals surface area contributed by atoms with Crippen LogP contribution in [0.2, 0.25) is 5.02 Å². The van der Waals surface area contributed by atoms with Gasteiger partial charge in [0.1, 0.15) is 28.0 Å². The van der Waals surface area contributed by atoms with Crippen LogP contribution in [0.1, 0.15) is 41.9 Å². The number of carbonyl (C=O) groups is 3. The first-order valence-corrected chi connectivity index (χ1v) is 10.1. The number of rotatable bonds is 7. The lowest BCUT2D eigenvalue weighted by Gasteiger charge is -2.06. The molecule has 0 atom stereocenters. The van der Waals surface area contributed by atoms with Gasteiger partial charge in [0.05, 0.1) is 24.8 Å². The van der Waals surface area contributed by atoms with Crippen molar-refractivity contribution in [1.82, 2.24) is 0 Å². The Kier molecular flexibility index (Phi) is 6.98. The zero-order valence-corrected chi connectivity index (χ0v) is 18.4. The molecule has 3 rings (SSSR count). The van der Waals surface area contributed by atoms with Crippen LogP contribution >= 0.6 is 22.9 Å². The van der Waals surface area contributed by atoms with Gasteiger partial charge in [-0.15, -0.1) is 11.3 Å². The summed E-state index contributed by atoms with van der Waals surface area (Å²) < 4.78 is 20.6. The average molecular weight is 464 g/mol. The monoisotopic (exact) mass is 463 g/mol. The van der Waals surface area contributed by atoms with E-state index in [4.69, 9.17) is 30.2 Å². The number of nitrogens with one attached hydrogen (secondary N) is 1. The molecule has 0 fully saturated rings. The summed E-state index contributed by atoms with van der Waals surface area (Å²) in [5, 5.41) is 3.20. The molecule has 0 unspecified atom stereocenters. The van der Waals surface area contributed by atoms with E-state index in [0.717, 1.165) is 11.3 Å². The molecule has 0 bridgehead atoms. The van der Waals surface area contributed by atoms with Gasteiger partial charge in [-0.3, -0.25) is 4.79 Å². The van der Waals surface area contributed by atoms with E-state index in [-0.39, 0.29) is 27.8 Å². The Labute approximate surface area is 186 Å². The fraction of sp³-hybridized carbons (Fsp3) is 0.190. The number of benzene rings is 1. The van der Waals surface area contributed by atoms with Gasteiger partial charge < -0.3 is 23.9 Å². The molecule has 0 saturated carbocycles. The molecule has 162 valence electrons. The molecular weight excluding hydrogens is 446 g/mol. The second-order valence-corrected chi connectivity index (χ2v) is 7.61. The molecule has 2 heterocycles. The van der Waals surface area contributed by atoms with Crippen molar-refractivity contribution in [2.24, 2.45) is 0 Å². The standard InChI is InChI=1S/C21H18ClNO7S/c1-11-16(20(25)27-2)19(31-17(11)21(26)28-3)23-18(24)15-9-8-12(30-15)10-29-14-7-5-4-6-13(14)22/h4-9H,10H2,1-3H3,(H,23,24). The number of para-hydroxylation sites is 1. The third kappa shape index (κ3) is 4.89. The van der Waals surface area contributed by atoms with Gasteiger partial charge in [-0.25, -0.2) is 9.59 Å². The number of anilines is 1. The molecule has 0 spiro atoms. The molecule has 0 aliphatic heterocycles. The van der Waals surface area contributed by atoms with Gasteiger partial charge in [0.15, 0.2) is 5.76 Å². The third-order valence-corrected chi connectivity index (χ3v) is 5.73.